The first-order valence-electron chi connectivity index (χ1n) is 11.5. The third-order valence-corrected chi connectivity index (χ3v) is 6.63. The van der Waals surface area contributed by atoms with Gasteiger partial charge in [-0.05, 0) is 55.2 Å². The van der Waals surface area contributed by atoms with Crippen molar-refractivity contribution in [1.82, 2.24) is 25.3 Å². The van der Waals surface area contributed by atoms with Crippen molar-refractivity contribution in [2.24, 2.45) is 5.92 Å². The van der Waals surface area contributed by atoms with E-state index in [0.29, 0.717) is 13.0 Å². The number of aryl methyl sites for hydroxylation is 1. The van der Waals surface area contributed by atoms with E-state index < -0.39 is 5.91 Å². The summed E-state index contributed by atoms with van der Waals surface area (Å²) in [5.74, 6) is -0.966. The van der Waals surface area contributed by atoms with Gasteiger partial charge in [-0.15, -0.1) is 0 Å². The molecular weight excluding hydrogens is 430 g/mol. The van der Waals surface area contributed by atoms with E-state index in [1.54, 1.807) is 5.48 Å². The summed E-state index contributed by atoms with van der Waals surface area (Å²) in [4.78, 5) is 33.6. The van der Waals surface area contributed by atoms with Gasteiger partial charge in [0.1, 0.15) is 0 Å². The lowest BCUT2D eigenvalue weighted by atomic mass is 10.0. The van der Waals surface area contributed by atoms with Crippen LogP contribution < -0.4 is 10.8 Å². The minimum absolute atomic E-state index is 0.139. The Morgan fingerprint density at radius 1 is 1.12 bits per heavy atom. The molecule has 0 bridgehead atoms. The summed E-state index contributed by atoms with van der Waals surface area (Å²) in [6.07, 6.45) is 4.28. The molecule has 0 aliphatic heterocycles. The number of rotatable bonds is 6. The van der Waals surface area contributed by atoms with Crippen LogP contribution in [0, 0.1) is 12.8 Å². The molecule has 1 fully saturated rings. The van der Waals surface area contributed by atoms with E-state index in [1.165, 1.54) is 5.56 Å². The number of aromatic nitrogens is 3. The molecule has 8 nitrogen and oxygen atoms in total. The summed E-state index contributed by atoms with van der Waals surface area (Å²) in [7, 11) is 0. The molecular formula is C26H27N5O3. The number of fused-ring (bicyclic) bond motifs is 2. The predicted molar refractivity (Wildman–Crippen MR) is 128 cm³/mol. The second kappa shape index (κ2) is 9.23. The second-order valence-electron chi connectivity index (χ2n) is 9.00. The highest BCUT2D eigenvalue weighted by molar-refractivity contribution is 5.85. The van der Waals surface area contributed by atoms with Gasteiger partial charge in [0.2, 0.25) is 11.8 Å². The van der Waals surface area contributed by atoms with Gasteiger partial charge in [0.25, 0.3) is 0 Å². The van der Waals surface area contributed by atoms with Gasteiger partial charge in [0, 0.05) is 23.7 Å². The molecule has 2 unspecified atom stereocenters. The molecule has 0 spiro atoms. The number of imidazole rings is 1. The molecule has 4 aromatic rings. The maximum absolute atomic E-state index is 12.6. The third-order valence-electron chi connectivity index (χ3n) is 6.63. The van der Waals surface area contributed by atoms with E-state index in [0.717, 1.165) is 46.0 Å². The Kier molecular flexibility index (Phi) is 5.98. The summed E-state index contributed by atoms with van der Waals surface area (Å²) in [6.45, 7) is 2.68. The van der Waals surface area contributed by atoms with Gasteiger partial charge >= 0.3 is 0 Å². The summed E-state index contributed by atoms with van der Waals surface area (Å²) < 4.78 is 2.11. The first-order chi connectivity index (χ1) is 16.5. The lowest BCUT2D eigenvalue weighted by molar-refractivity contribution is -0.134. The van der Waals surface area contributed by atoms with Gasteiger partial charge in [-0.3, -0.25) is 19.8 Å². The van der Waals surface area contributed by atoms with Crippen LogP contribution in [0.2, 0.25) is 0 Å². The molecule has 5 rings (SSSR count). The summed E-state index contributed by atoms with van der Waals surface area (Å²) in [6, 6.07) is 15.9. The summed E-state index contributed by atoms with van der Waals surface area (Å²) >= 11 is 0. The van der Waals surface area contributed by atoms with Crippen LogP contribution in [-0.4, -0.2) is 37.6 Å². The van der Waals surface area contributed by atoms with Gasteiger partial charge in [0.15, 0.2) is 0 Å². The third kappa shape index (κ3) is 4.36. The summed E-state index contributed by atoms with van der Waals surface area (Å²) in [5.41, 5.74) is 7.55. The molecule has 34 heavy (non-hydrogen) atoms. The monoisotopic (exact) mass is 457 g/mol. The lowest BCUT2D eigenvalue weighted by Crippen LogP contribution is -2.43. The smallest absolute Gasteiger partial charge is 0.248 e. The maximum atomic E-state index is 12.6. The van der Waals surface area contributed by atoms with E-state index in [1.807, 2.05) is 49.6 Å². The Morgan fingerprint density at radius 2 is 1.97 bits per heavy atom. The van der Waals surface area contributed by atoms with Crippen LogP contribution in [-0.2, 0) is 22.6 Å². The number of nitrogens with one attached hydrogen (secondary N) is 2. The average molecular weight is 458 g/mol. The molecule has 1 saturated carbocycles. The molecule has 174 valence electrons. The first-order valence-corrected chi connectivity index (χ1v) is 11.5. The van der Waals surface area contributed by atoms with Crippen LogP contribution in [0.25, 0.3) is 21.9 Å². The molecule has 2 amide bonds. The van der Waals surface area contributed by atoms with Crippen molar-refractivity contribution in [3.05, 3.63) is 71.7 Å². The quantitative estimate of drug-likeness (QED) is 0.304. The number of hydrogen-bond acceptors (Lipinski definition) is 5. The van der Waals surface area contributed by atoms with Crippen LogP contribution in [0.3, 0.4) is 0 Å². The van der Waals surface area contributed by atoms with Gasteiger partial charge < -0.3 is 9.88 Å². The molecule has 0 saturated heterocycles. The van der Waals surface area contributed by atoms with Gasteiger partial charge in [-0.25, -0.2) is 10.5 Å². The van der Waals surface area contributed by atoms with Crippen LogP contribution in [0.1, 0.15) is 36.1 Å². The number of hydrogen-bond donors (Lipinski definition) is 3. The standard InChI is InChI=1S/C26H27N5O3/c1-16-11-18(19-5-2-3-7-21(19)28-16)14-31-15-27-23-12-17(9-10-24(23)31)13-25(32)29-22-8-4-6-20(22)26(33)30-34/h2-3,5,7,9-12,15,20,22,34H,4,6,8,13-14H2,1H3,(H,29,32)(H,30,33). The zero-order chi connectivity index (χ0) is 23.7. The van der Waals surface area contributed by atoms with Crippen molar-refractivity contribution in [3.8, 4) is 0 Å². The zero-order valence-corrected chi connectivity index (χ0v) is 19.0. The van der Waals surface area contributed by atoms with Crippen molar-refractivity contribution in [2.45, 2.75) is 45.2 Å². The zero-order valence-electron chi connectivity index (χ0n) is 19.0. The second-order valence-corrected chi connectivity index (χ2v) is 9.00. The van der Waals surface area contributed by atoms with Crippen LogP contribution in [0.5, 0.6) is 0 Å². The highest BCUT2D eigenvalue weighted by Crippen LogP contribution is 2.26. The Balaban J connectivity index is 1.32. The van der Waals surface area contributed by atoms with Crippen molar-refractivity contribution in [1.29, 1.82) is 0 Å². The van der Waals surface area contributed by atoms with Crippen molar-refractivity contribution < 1.29 is 14.8 Å². The predicted octanol–water partition coefficient (Wildman–Crippen LogP) is 3.27. The number of carbonyl (C=O) groups excluding carboxylic acids is 2. The SMILES string of the molecule is Cc1cc(Cn2cnc3cc(CC(=O)NC4CCCC4C(=O)NO)ccc32)c2ccccc2n1. The van der Waals surface area contributed by atoms with Crippen LogP contribution in [0.15, 0.2) is 54.9 Å². The minimum atomic E-state index is -0.438. The largest absolute Gasteiger partial charge is 0.352 e. The van der Waals surface area contributed by atoms with Gasteiger partial charge in [-0.2, -0.15) is 0 Å². The van der Waals surface area contributed by atoms with Crippen molar-refractivity contribution in [3.63, 3.8) is 0 Å². The molecule has 3 N–H and O–H groups in total. The van der Waals surface area contributed by atoms with E-state index in [2.05, 4.69) is 32.0 Å². The topological polar surface area (TPSA) is 109 Å². The van der Waals surface area contributed by atoms with Crippen LogP contribution >= 0.6 is 0 Å². The highest BCUT2D eigenvalue weighted by atomic mass is 16.5. The number of amides is 2. The molecule has 1 aliphatic rings. The molecule has 2 atom stereocenters. The number of carbonyl (C=O) groups is 2. The number of benzene rings is 2. The molecule has 8 heteroatoms. The maximum Gasteiger partial charge on any atom is 0.248 e. The van der Waals surface area contributed by atoms with E-state index in [-0.39, 0.29) is 24.3 Å². The first kappa shape index (κ1) is 22.0. The average Bonchev–Trinajstić information content (AvgIpc) is 3.45. The number of nitrogens with zero attached hydrogens (tertiary/aromatic N) is 3. The molecule has 2 aromatic carbocycles. The van der Waals surface area contributed by atoms with Gasteiger partial charge in [0.05, 0.1) is 35.2 Å². The van der Waals surface area contributed by atoms with Crippen LogP contribution in [0.4, 0.5) is 0 Å². The van der Waals surface area contributed by atoms with E-state index in [9.17, 15) is 9.59 Å². The lowest BCUT2D eigenvalue weighted by Gasteiger charge is -2.19. The minimum Gasteiger partial charge on any atom is -0.352 e. The number of para-hydroxylation sites is 1. The fraction of sp³-hybridized carbons (Fsp3) is 0.308. The van der Waals surface area contributed by atoms with Crippen molar-refractivity contribution >= 4 is 33.8 Å². The Bertz CT molecular complexity index is 1380. The molecule has 1 aliphatic carbocycles. The number of pyridine rings is 1. The fourth-order valence-electron chi connectivity index (χ4n) is 5.03. The van der Waals surface area contributed by atoms with E-state index in [4.69, 9.17) is 5.21 Å². The molecule has 0 radical (unpaired) electrons. The summed E-state index contributed by atoms with van der Waals surface area (Å²) in [5, 5.41) is 13.0. The molecule has 2 aromatic heterocycles. The fourth-order valence-corrected chi connectivity index (χ4v) is 5.03. The molecule has 2 heterocycles. The Hall–Kier alpha value is -3.78. The van der Waals surface area contributed by atoms with E-state index >= 15 is 0 Å². The number of hydroxylamine groups is 1. The van der Waals surface area contributed by atoms with Crippen molar-refractivity contribution in [2.75, 3.05) is 0 Å². The Labute approximate surface area is 197 Å². The van der Waals surface area contributed by atoms with Gasteiger partial charge in [-0.1, -0.05) is 30.7 Å². The Morgan fingerprint density at radius 3 is 2.82 bits per heavy atom. The normalized spacial score (nSPS) is 17.8. The highest BCUT2D eigenvalue weighted by Gasteiger charge is 2.33.